The standard InChI is InChI=1S/C23H15FO/c24-19-9-11-20(12-10-19)25-14-18-7-6-17-5-4-15-2-1-3-16-8-13-21(18)23(17)22(15)16/h1-13H,14H2. The third kappa shape index (κ3) is 2.30. The molecule has 5 rings (SSSR count). The molecule has 0 saturated heterocycles. The van der Waals surface area contributed by atoms with Crippen molar-refractivity contribution < 1.29 is 9.13 Å². The zero-order valence-electron chi connectivity index (χ0n) is 13.5. The van der Waals surface area contributed by atoms with E-state index in [0.29, 0.717) is 12.4 Å². The van der Waals surface area contributed by atoms with Gasteiger partial charge in [-0.15, -0.1) is 0 Å². The predicted octanol–water partition coefficient (Wildman–Crippen LogP) is 6.30. The van der Waals surface area contributed by atoms with Crippen LogP contribution in [0.4, 0.5) is 4.39 Å². The first-order valence-corrected chi connectivity index (χ1v) is 8.33. The summed E-state index contributed by atoms with van der Waals surface area (Å²) in [6, 6.07) is 25.5. The monoisotopic (exact) mass is 326 g/mol. The Labute approximate surface area is 144 Å². The van der Waals surface area contributed by atoms with Crippen molar-refractivity contribution in [2.75, 3.05) is 0 Å². The Morgan fingerprint density at radius 3 is 2.04 bits per heavy atom. The van der Waals surface area contributed by atoms with E-state index < -0.39 is 0 Å². The summed E-state index contributed by atoms with van der Waals surface area (Å²) in [5.74, 6) is 0.419. The lowest BCUT2D eigenvalue weighted by Gasteiger charge is -2.14. The number of ether oxygens (including phenoxy) is 1. The number of rotatable bonds is 3. The maximum Gasteiger partial charge on any atom is 0.123 e. The Morgan fingerprint density at radius 1 is 0.640 bits per heavy atom. The lowest BCUT2D eigenvalue weighted by molar-refractivity contribution is 0.307. The van der Waals surface area contributed by atoms with Gasteiger partial charge in [-0.3, -0.25) is 0 Å². The van der Waals surface area contributed by atoms with Gasteiger partial charge in [0.2, 0.25) is 0 Å². The Hall–Kier alpha value is -3.13. The SMILES string of the molecule is Fc1ccc(OCc2ccc3ccc4cccc5ccc2c3c45)cc1. The van der Waals surface area contributed by atoms with Gasteiger partial charge in [-0.2, -0.15) is 0 Å². The minimum Gasteiger partial charge on any atom is -0.489 e. The molecule has 0 aliphatic heterocycles. The van der Waals surface area contributed by atoms with Crippen molar-refractivity contribution in [2.45, 2.75) is 6.61 Å². The van der Waals surface area contributed by atoms with Gasteiger partial charge in [-0.05, 0) is 62.1 Å². The van der Waals surface area contributed by atoms with Crippen LogP contribution in [-0.2, 0) is 6.61 Å². The van der Waals surface area contributed by atoms with Crippen LogP contribution in [0.3, 0.4) is 0 Å². The molecule has 120 valence electrons. The summed E-state index contributed by atoms with van der Waals surface area (Å²) in [5.41, 5.74) is 1.13. The summed E-state index contributed by atoms with van der Waals surface area (Å²) >= 11 is 0. The van der Waals surface area contributed by atoms with Gasteiger partial charge in [0.05, 0.1) is 0 Å². The Morgan fingerprint density at radius 2 is 1.28 bits per heavy atom. The highest BCUT2D eigenvalue weighted by molar-refractivity contribution is 6.23. The summed E-state index contributed by atoms with van der Waals surface area (Å²) in [6.45, 7) is 0.458. The van der Waals surface area contributed by atoms with Crippen LogP contribution in [-0.4, -0.2) is 0 Å². The number of benzene rings is 5. The molecule has 0 bridgehead atoms. The highest BCUT2D eigenvalue weighted by Crippen LogP contribution is 2.36. The smallest absolute Gasteiger partial charge is 0.123 e. The van der Waals surface area contributed by atoms with Crippen molar-refractivity contribution >= 4 is 32.3 Å². The van der Waals surface area contributed by atoms with E-state index in [1.54, 1.807) is 12.1 Å². The lowest BCUT2D eigenvalue weighted by atomic mass is 9.92. The molecule has 0 aliphatic rings. The summed E-state index contributed by atoms with van der Waals surface area (Å²) in [7, 11) is 0. The highest BCUT2D eigenvalue weighted by Gasteiger charge is 2.11. The maximum atomic E-state index is 13.0. The van der Waals surface area contributed by atoms with Crippen molar-refractivity contribution in [3.05, 3.63) is 90.2 Å². The molecular formula is C23H15FO. The van der Waals surface area contributed by atoms with Gasteiger partial charge in [0.15, 0.2) is 0 Å². The molecule has 0 unspecified atom stereocenters. The van der Waals surface area contributed by atoms with Crippen molar-refractivity contribution in [1.29, 1.82) is 0 Å². The minimum atomic E-state index is -0.255. The summed E-state index contributed by atoms with van der Waals surface area (Å²) in [4.78, 5) is 0. The van der Waals surface area contributed by atoms with Crippen LogP contribution in [0.15, 0.2) is 78.9 Å². The third-order valence-electron chi connectivity index (χ3n) is 4.83. The van der Waals surface area contributed by atoms with Gasteiger partial charge in [0.25, 0.3) is 0 Å². The Bertz CT molecular complexity index is 1180. The van der Waals surface area contributed by atoms with Gasteiger partial charge < -0.3 is 4.74 Å². The van der Waals surface area contributed by atoms with Crippen molar-refractivity contribution in [3.63, 3.8) is 0 Å². The summed E-state index contributed by atoms with van der Waals surface area (Å²) < 4.78 is 18.9. The number of halogens is 1. The zero-order chi connectivity index (χ0) is 16.8. The van der Waals surface area contributed by atoms with Gasteiger partial charge in [-0.1, -0.05) is 54.6 Å². The van der Waals surface area contributed by atoms with Gasteiger partial charge in [-0.25, -0.2) is 4.39 Å². The van der Waals surface area contributed by atoms with Gasteiger partial charge >= 0.3 is 0 Å². The second kappa shape index (κ2) is 5.45. The topological polar surface area (TPSA) is 9.23 Å². The average Bonchev–Trinajstić information content (AvgIpc) is 2.66. The van der Waals surface area contributed by atoms with Crippen LogP contribution in [0.25, 0.3) is 32.3 Å². The predicted molar refractivity (Wildman–Crippen MR) is 101 cm³/mol. The molecule has 2 heteroatoms. The minimum absolute atomic E-state index is 0.255. The summed E-state index contributed by atoms with van der Waals surface area (Å²) in [5, 5.41) is 7.56. The van der Waals surface area contributed by atoms with E-state index in [4.69, 9.17) is 4.74 Å². The lowest BCUT2D eigenvalue weighted by Crippen LogP contribution is -1.97. The molecule has 0 heterocycles. The highest BCUT2D eigenvalue weighted by atomic mass is 19.1. The van der Waals surface area contributed by atoms with E-state index in [-0.39, 0.29) is 5.82 Å². The van der Waals surface area contributed by atoms with Gasteiger partial charge in [0, 0.05) is 0 Å². The molecule has 5 aromatic carbocycles. The fraction of sp³-hybridized carbons (Fsp3) is 0.0435. The van der Waals surface area contributed by atoms with Gasteiger partial charge in [0.1, 0.15) is 18.2 Å². The normalized spacial score (nSPS) is 11.6. The molecule has 0 atom stereocenters. The molecule has 25 heavy (non-hydrogen) atoms. The van der Waals surface area contributed by atoms with Crippen molar-refractivity contribution in [3.8, 4) is 5.75 Å². The van der Waals surface area contributed by atoms with E-state index in [0.717, 1.165) is 5.56 Å². The fourth-order valence-corrected chi connectivity index (χ4v) is 3.61. The fourth-order valence-electron chi connectivity index (χ4n) is 3.61. The first-order valence-electron chi connectivity index (χ1n) is 8.33. The zero-order valence-corrected chi connectivity index (χ0v) is 13.5. The third-order valence-corrected chi connectivity index (χ3v) is 4.83. The van der Waals surface area contributed by atoms with Crippen LogP contribution in [0.2, 0.25) is 0 Å². The second-order valence-corrected chi connectivity index (χ2v) is 6.32. The van der Waals surface area contributed by atoms with E-state index >= 15 is 0 Å². The first kappa shape index (κ1) is 14.2. The molecule has 0 fully saturated rings. The van der Waals surface area contributed by atoms with Crippen LogP contribution in [0.1, 0.15) is 5.56 Å². The molecule has 5 aromatic rings. The van der Waals surface area contributed by atoms with Crippen LogP contribution in [0, 0.1) is 5.82 Å². The quantitative estimate of drug-likeness (QED) is 0.353. The second-order valence-electron chi connectivity index (χ2n) is 6.32. The van der Waals surface area contributed by atoms with Crippen LogP contribution in [0.5, 0.6) is 5.75 Å². The van der Waals surface area contributed by atoms with Crippen LogP contribution >= 0.6 is 0 Å². The molecular weight excluding hydrogens is 311 g/mol. The van der Waals surface area contributed by atoms with Crippen LogP contribution < -0.4 is 4.74 Å². The molecule has 0 N–H and O–H groups in total. The van der Waals surface area contributed by atoms with E-state index in [9.17, 15) is 4.39 Å². The maximum absolute atomic E-state index is 13.0. The molecule has 0 amide bonds. The van der Waals surface area contributed by atoms with E-state index in [2.05, 4.69) is 54.6 Å². The molecule has 1 nitrogen and oxygen atoms in total. The molecule has 0 radical (unpaired) electrons. The van der Waals surface area contributed by atoms with E-state index in [1.165, 1.54) is 44.5 Å². The summed E-state index contributed by atoms with van der Waals surface area (Å²) in [6.07, 6.45) is 0. The Kier molecular flexibility index (Phi) is 3.10. The Balaban J connectivity index is 1.64. The number of hydrogen-bond donors (Lipinski definition) is 0. The molecule has 0 spiro atoms. The number of hydrogen-bond acceptors (Lipinski definition) is 1. The molecule has 0 aromatic heterocycles. The van der Waals surface area contributed by atoms with Crippen molar-refractivity contribution in [2.24, 2.45) is 0 Å². The molecule has 0 aliphatic carbocycles. The first-order chi connectivity index (χ1) is 12.3. The average molecular weight is 326 g/mol. The van der Waals surface area contributed by atoms with Crippen molar-refractivity contribution in [1.82, 2.24) is 0 Å². The molecule has 0 saturated carbocycles. The largest absolute Gasteiger partial charge is 0.489 e. The van der Waals surface area contributed by atoms with E-state index in [1.807, 2.05) is 0 Å².